The number of rotatable bonds is 5. The van der Waals surface area contributed by atoms with Gasteiger partial charge in [-0.05, 0) is 45.9 Å². The zero-order chi connectivity index (χ0) is 13.5. The Balaban J connectivity index is 2.83. The van der Waals surface area contributed by atoms with E-state index in [-0.39, 0.29) is 12.2 Å². The molecule has 4 nitrogen and oxygen atoms in total. The second kappa shape index (κ2) is 7.01. The van der Waals surface area contributed by atoms with Gasteiger partial charge in [0, 0.05) is 12.2 Å². The minimum Gasteiger partial charge on any atom is -0.446 e. The predicted molar refractivity (Wildman–Crippen MR) is 73.8 cm³/mol. The van der Waals surface area contributed by atoms with Crippen LogP contribution in [-0.4, -0.2) is 25.3 Å². The molecule has 0 aliphatic heterocycles. The molecule has 0 bridgehead atoms. The van der Waals surface area contributed by atoms with Gasteiger partial charge in [0.15, 0.2) is 0 Å². The van der Waals surface area contributed by atoms with Gasteiger partial charge in [0.1, 0.15) is 0 Å². The molecule has 0 fully saturated rings. The number of ether oxygens (including phenoxy) is 1. The summed E-state index contributed by atoms with van der Waals surface area (Å²) in [6.45, 7) is 6.82. The molecule has 1 rings (SSSR count). The van der Waals surface area contributed by atoms with Crippen molar-refractivity contribution in [1.82, 2.24) is 0 Å². The lowest BCUT2D eigenvalue weighted by Gasteiger charge is -2.23. The van der Waals surface area contributed by atoms with Crippen LogP contribution < -0.4 is 10.6 Å². The minimum absolute atomic E-state index is 0.122. The molecule has 0 radical (unpaired) electrons. The monoisotopic (exact) mass is 250 g/mol. The molecule has 2 N–H and O–H groups in total. The number of benzene rings is 1. The van der Waals surface area contributed by atoms with Gasteiger partial charge in [0.2, 0.25) is 0 Å². The lowest BCUT2D eigenvalue weighted by Crippen LogP contribution is -2.34. The average molecular weight is 250 g/mol. The quantitative estimate of drug-likeness (QED) is 0.874. The largest absolute Gasteiger partial charge is 0.446 e. The van der Waals surface area contributed by atoms with Crippen LogP contribution in [0.1, 0.15) is 25.8 Å². The van der Waals surface area contributed by atoms with Crippen molar-refractivity contribution in [1.29, 1.82) is 0 Å². The molecule has 0 spiro atoms. The molecule has 100 valence electrons. The van der Waals surface area contributed by atoms with Crippen LogP contribution in [0.25, 0.3) is 0 Å². The Hall–Kier alpha value is -1.55. The van der Waals surface area contributed by atoms with Gasteiger partial charge in [-0.25, -0.2) is 4.79 Å². The molecule has 18 heavy (non-hydrogen) atoms. The molecule has 4 heteroatoms. The van der Waals surface area contributed by atoms with Crippen molar-refractivity contribution in [2.45, 2.75) is 33.3 Å². The van der Waals surface area contributed by atoms with E-state index in [1.807, 2.05) is 45.0 Å². The maximum atomic E-state index is 12.0. The number of carbonyl (C=O) groups excluding carboxylic acids is 1. The summed E-state index contributed by atoms with van der Waals surface area (Å²) in [5.41, 5.74) is 7.51. The highest BCUT2D eigenvalue weighted by atomic mass is 16.6. The van der Waals surface area contributed by atoms with Crippen molar-refractivity contribution in [3.8, 4) is 0 Å². The third-order valence-electron chi connectivity index (χ3n) is 2.49. The van der Waals surface area contributed by atoms with Crippen molar-refractivity contribution >= 4 is 11.8 Å². The highest BCUT2D eigenvalue weighted by Crippen LogP contribution is 2.17. The van der Waals surface area contributed by atoms with Gasteiger partial charge in [0.05, 0.1) is 6.10 Å². The first-order valence-corrected chi connectivity index (χ1v) is 6.29. The lowest BCUT2D eigenvalue weighted by molar-refractivity contribution is 0.122. The summed E-state index contributed by atoms with van der Waals surface area (Å²) in [6.07, 6.45) is 0.312. The van der Waals surface area contributed by atoms with Gasteiger partial charge in [-0.2, -0.15) is 0 Å². The fourth-order valence-electron chi connectivity index (χ4n) is 1.57. The van der Waals surface area contributed by atoms with Crippen molar-refractivity contribution < 1.29 is 9.53 Å². The Labute approximate surface area is 109 Å². The summed E-state index contributed by atoms with van der Waals surface area (Å²) in [5, 5.41) is 0. The Kier molecular flexibility index (Phi) is 5.65. The molecule has 0 unspecified atom stereocenters. The van der Waals surface area contributed by atoms with Crippen LogP contribution in [0.4, 0.5) is 10.5 Å². The molecule has 0 saturated heterocycles. The van der Waals surface area contributed by atoms with Crippen LogP contribution in [0.2, 0.25) is 0 Å². The molecule has 0 aliphatic carbocycles. The second-order valence-electron chi connectivity index (χ2n) is 4.56. The molecule has 0 saturated carbocycles. The Morgan fingerprint density at radius 3 is 2.44 bits per heavy atom. The number of amides is 1. The first-order valence-electron chi connectivity index (χ1n) is 6.29. The summed E-state index contributed by atoms with van der Waals surface area (Å²) in [5.74, 6) is 0. The van der Waals surface area contributed by atoms with E-state index in [1.54, 1.807) is 4.90 Å². The SMILES string of the molecule is Cc1ccc(N(CCCN)C(=O)OC(C)C)cc1. The Bertz CT molecular complexity index is 374. The zero-order valence-corrected chi connectivity index (χ0v) is 11.3. The van der Waals surface area contributed by atoms with Crippen molar-refractivity contribution in [2.24, 2.45) is 5.73 Å². The first-order chi connectivity index (χ1) is 8.54. The minimum atomic E-state index is -0.317. The van der Waals surface area contributed by atoms with Crippen LogP contribution >= 0.6 is 0 Å². The molecule has 0 atom stereocenters. The smallest absolute Gasteiger partial charge is 0.414 e. The van der Waals surface area contributed by atoms with Crippen LogP contribution in [-0.2, 0) is 4.74 Å². The van der Waals surface area contributed by atoms with Gasteiger partial charge in [-0.1, -0.05) is 17.7 Å². The number of nitrogens with two attached hydrogens (primary N) is 1. The van der Waals surface area contributed by atoms with Gasteiger partial charge >= 0.3 is 6.09 Å². The van der Waals surface area contributed by atoms with Crippen LogP contribution in [0.15, 0.2) is 24.3 Å². The molecular formula is C14H22N2O2. The summed E-state index contributed by atoms with van der Waals surface area (Å²) in [6, 6.07) is 7.81. The van der Waals surface area contributed by atoms with E-state index in [4.69, 9.17) is 10.5 Å². The van der Waals surface area contributed by atoms with Crippen molar-refractivity contribution in [2.75, 3.05) is 18.0 Å². The van der Waals surface area contributed by atoms with E-state index in [9.17, 15) is 4.79 Å². The molecule has 0 aliphatic rings. The maximum Gasteiger partial charge on any atom is 0.414 e. The highest BCUT2D eigenvalue weighted by Gasteiger charge is 2.17. The maximum absolute atomic E-state index is 12.0. The lowest BCUT2D eigenvalue weighted by atomic mass is 10.2. The standard InChI is InChI=1S/C14H22N2O2/c1-11(2)18-14(17)16(10-4-9-15)13-7-5-12(3)6-8-13/h5-8,11H,4,9-10,15H2,1-3H3. The number of hydrogen-bond acceptors (Lipinski definition) is 3. The number of carbonyl (C=O) groups is 1. The zero-order valence-electron chi connectivity index (χ0n) is 11.3. The first kappa shape index (κ1) is 14.5. The van der Waals surface area contributed by atoms with E-state index in [1.165, 1.54) is 0 Å². The number of nitrogens with zero attached hydrogens (tertiary/aromatic N) is 1. The van der Waals surface area contributed by atoms with Gasteiger partial charge in [-0.15, -0.1) is 0 Å². The van der Waals surface area contributed by atoms with Crippen LogP contribution in [0, 0.1) is 6.92 Å². The van der Waals surface area contributed by atoms with Crippen molar-refractivity contribution in [3.63, 3.8) is 0 Å². The van der Waals surface area contributed by atoms with E-state index in [0.29, 0.717) is 13.1 Å². The topological polar surface area (TPSA) is 55.6 Å². The number of anilines is 1. The van der Waals surface area contributed by atoms with E-state index < -0.39 is 0 Å². The Morgan fingerprint density at radius 1 is 1.33 bits per heavy atom. The third kappa shape index (κ3) is 4.37. The van der Waals surface area contributed by atoms with Crippen molar-refractivity contribution in [3.05, 3.63) is 29.8 Å². The second-order valence-corrected chi connectivity index (χ2v) is 4.56. The molecule has 1 amide bonds. The summed E-state index contributed by atoms with van der Waals surface area (Å²) in [4.78, 5) is 13.6. The summed E-state index contributed by atoms with van der Waals surface area (Å²) < 4.78 is 5.24. The van der Waals surface area contributed by atoms with Gasteiger partial charge in [-0.3, -0.25) is 4.90 Å². The normalized spacial score (nSPS) is 10.5. The molecule has 0 heterocycles. The number of aryl methyl sites for hydroxylation is 1. The van der Waals surface area contributed by atoms with E-state index in [0.717, 1.165) is 17.7 Å². The molecule has 1 aromatic rings. The average Bonchev–Trinajstić information content (AvgIpc) is 2.31. The fourth-order valence-corrected chi connectivity index (χ4v) is 1.57. The Morgan fingerprint density at radius 2 is 1.94 bits per heavy atom. The predicted octanol–water partition coefficient (Wildman–Crippen LogP) is 2.70. The van der Waals surface area contributed by atoms with E-state index >= 15 is 0 Å². The molecule has 1 aromatic carbocycles. The van der Waals surface area contributed by atoms with E-state index in [2.05, 4.69) is 0 Å². The van der Waals surface area contributed by atoms with Crippen LogP contribution in [0.5, 0.6) is 0 Å². The van der Waals surface area contributed by atoms with Gasteiger partial charge in [0.25, 0.3) is 0 Å². The fraction of sp³-hybridized carbons (Fsp3) is 0.500. The summed E-state index contributed by atoms with van der Waals surface area (Å²) >= 11 is 0. The summed E-state index contributed by atoms with van der Waals surface area (Å²) in [7, 11) is 0. The molecule has 0 aromatic heterocycles. The highest BCUT2D eigenvalue weighted by molar-refractivity contribution is 5.87. The van der Waals surface area contributed by atoms with Crippen LogP contribution in [0.3, 0.4) is 0 Å². The van der Waals surface area contributed by atoms with Gasteiger partial charge < -0.3 is 10.5 Å². The third-order valence-corrected chi connectivity index (χ3v) is 2.49. The molecular weight excluding hydrogens is 228 g/mol. The number of hydrogen-bond donors (Lipinski definition) is 1.